The maximum Gasteiger partial charge on any atom is 0.327 e. The molecule has 2 fully saturated rings. The Hall–Kier alpha value is -3.23. The van der Waals surface area contributed by atoms with Crippen LogP contribution in [0.15, 0.2) is 54.6 Å². The Kier molecular flexibility index (Phi) is 4.83. The number of phenolic OH excluding ortho intramolecular Hbond substituents is 1. The van der Waals surface area contributed by atoms with Crippen molar-refractivity contribution in [3.63, 3.8) is 0 Å². The summed E-state index contributed by atoms with van der Waals surface area (Å²) in [5.74, 6) is -5.10. The van der Waals surface area contributed by atoms with Gasteiger partial charge in [-0.3, -0.25) is 24.6 Å². The van der Waals surface area contributed by atoms with E-state index in [2.05, 4.69) is 5.32 Å². The third-order valence-electron chi connectivity index (χ3n) is 6.15. The van der Waals surface area contributed by atoms with Crippen LogP contribution >= 0.6 is 0 Å². The monoisotopic (exact) mass is 410 g/mol. The summed E-state index contributed by atoms with van der Waals surface area (Å²) in [4.78, 5) is 40.0. The second kappa shape index (κ2) is 7.23. The zero-order valence-corrected chi connectivity index (χ0v) is 16.2. The molecular weight excluding hydrogens is 388 g/mol. The molecule has 0 aliphatic carbocycles. The van der Waals surface area contributed by atoms with Gasteiger partial charge in [0.15, 0.2) is 5.54 Å². The lowest BCUT2D eigenvalue weighted by molar-refractivity contribution is -0.157. The summed E-state index contributed by atoms with van der Waals surface area (Å²) >= 11 is 0. The van der Waals surface area contributed by atoms with Crippen molar-refractivity contribution in [3.8, 4) is 5.75 Å². The number of hydrogen-bond acceptors (Lipinski definition) is 6. The average Bonchev–Trinajstić information content (AvgIpc) is 3.20. The lowest BCUT2D eigenvalue weighted by Crippen LogP contribution is -2.62. The number of carbonyl (C=O) groups is 3. The number of aromatic hydroxyl groups is 1. The van der Waals surface area contributed by atoms with Crippen LogP contribution in [0.2, 0.25) is 0 Å². The highest BCUT2D eigenvalue weighted by Gasteiger charge is 2.70. The maximum absolute atomic E-state index is 13.3. The molecule has 8 heteroatoms. The predicted molar refractivity (Wildman–Crippen MR) is 105 cm³/mol. The molecule has 2 aliphatic heterocycles. The number of phenols is 1. The van der Waals surface area contributed by atoms with Crippen molar-refractivity contribution in [2.24, 2.45) is 11.8 Å². The number of nitrogens with zero attached hydrogens (tertiary/aromatic N) is 1. The van der Waals surface area contributed by atoms with Crippen LogP contribution in [-0.2, 0) is 20.9 Å². The zero-order valence-electron chi connectivity index (χ0n) is 16.2. The van der Waals surface area contributed by atoms with Crippen LogP contribution in [-0.4, -0.2) is 49.6 Å². The molecule has 5 atom stereocenters. The molecule has 4 rings (SSSR count). The molecule has 30 heavy (non-hydrogen) atoms. The largest absolute Gasteiger partial charge is 0.508 e. The third kappa shape index (κ3) is 2.79. The summed E-state index contributed by atoms with van der Waals surface area (Å²) in [6, 6.07) is 14.2. The first kappa shape index (κ1) is 20.1. The molecule has 2 aromatic carbocycles. The number of carboxylic acid groups (broad SMARTS) is 1. The topological polar surface area (TPSA) is 127 Å². The van der Waals surface area contributed by atoms with Gasteiger partial charge in [0.1, 0.15) is 5.75 Å². The van der Waals surface area contributed by atoms with Gasteiger partial charge in [-0.25, -0.2) is 0 Å². The quantitative estimate of drug-likeness (QED) is 0.543. The van der Waals surface area contributed by atoms with Crippen LogP contribution in [0.25, 0.3) is 0 Å². The van der Waals surface area contributed by atoms with Crippen LogP contribution in [0.5, 0.6) is 5.75 Å². The normalized spacial score (nSPS) is 29.1. The molecule has 0 saturated carbocycles. The Labute approximate surface area is 172 Å². The molecule has 2 saturated heterocycles. The molecule has 2 aromatic rings. The fourth-order valence-corrected chi connectivity index (χ4v) is 4.70. The maximum atomic E-state index is 13.3. The van der Waals surface area contributed by atoms with Crippen molar-refractivity contribution in [2.75, 3.05) is 0 Å². The van der Waals surface area contributed by atoms with Crippen molar-refractivity contribution >= 4 is 17.8 Å². The van der Waals surface area contributed by atoms with Gasteiger partial charge in [-0.05, 0) is 18.6 Å². The van der Waals surface area contributed by atoms with E-state index in [0.29, 0.717) is 5.56 Å². The highest BCUT2D eigenvalue weighted by Crippen LogP contribution is 2.51. The van der Waals surface area contributed by atoms with Crippen molar-refractivity contribution in [2.45, 2.75) is 31.2 Å². The molecule has 5 unspecified atom stereocenters. The van der Waals surface area contributed by atoms with Crippen molar-refractivity contribution in [1.29, 1.82) is 0 Å². The summed E-state index contributed by atoms with van der Waals surface area (Å²) in [6.45, 7) is 1.29. The lowest BCUT2D eigenvalue weighted by Gasteiger charge is -2.33. The first-order valence-electron chi connectivity index (χ1n) is 9.65. The number of carbonyl (C=O) groups excluding carboxylic acids is 2. The second-order valence-electron chi connectivity index (χ2n) is 7.78. The molecule has 4 N–H and O–H groups in total. The number of imide groups is 1. The fourth-order valence-electron chi connectivity index (χ4n) is 4.70. The number of carboxylic acids is 1. The number of rotatable bonds is 5. The summed E-state index contributed by atoms with van der Waals surface area (Å²) in [5.41, 5.74) is -1.03. The minimum atomic E-state index is -2.06. The number of aliphatic hydroxyl groups excluding tert-OH is 1. The van der Waals surface area contributed by atoms with Crippen LogP contribution in [0.3, 0.4) is 0 Å². The van der Waals surface area contributed by atoms with E-state index in [1.54, 1.807) is 42.5 Å². The molecule has 2 aliphatic rings. The standard InChI is InChI=1S/C22H22N2O6/c1-12(25)22(21(29)30)17-16(18(23-22)14-9-5-6-10-15(14)26)19(27)24(20(17)28)11-13-7-3-2-4-8-13/h2-10,12,16-18,23,25-26H,11H2,1H3,(H,29,30). The number of fused-ring (bicyclic) bond motifs is 1. The molecule has 0 radical (unpaired) electrons. The van der Waals surface area contributed by atoms with Crippen LogP contribution in [0, 0.1) is 11.8 Å². The van der Waals surface area contributed by atoms with E-state index in [1.165, 1.54) is 13.0 Å². The zero-order chi connectivity index (χ0) is 21.6. The molecule has 156 valence electrons. The van der Waals surface area contributed by atoms with E-state index in [4.69, 9.17) is 0 Å². The number of amides is 2. The summed E-state index contributed by atoms with van der Waals surface area (Å²) in [6.07, 6.45) is -1.47. The highest BCUT2D eigenvalue weighted by atomic mass is 16.4. The number of aliphatic carboxylic acids is 1. The van der Waals surface area contributed by atoms with Crippen LogP contribution in [0.1, 0.15) is 24.1 Å². The first-order chi connectivity index (χ1) is 14.3. The van der Waals surface area contributed by atoms with Gasteiger partial charge in [0, 0.05) is 11.6 Å². The smallest absolute Gasteiger partial charge is 0.327 e. The van der Waals surface area contributed by atoms with Gasteiger partial charge in [-0.1, -0.05) is 48.5 Å². The predicted octanol–water partition coefficient (Wildman–Crippen LogP) is 1.04. The molecular formula is C22H22N2O6. The Bertz CT molecular complexity index is 1010. The number of para-hydroxylation sites is 1. The van der Waals surface area contributed by atoms with Gasteiger partial charge in [-0.2, -0.15) is 0 Å². The van der Waals surface area contributed by atoms with E-state index in [9.17, 15) is 29.7 Å². The molecule has 2 amide bonds. The number of likely N-dealkylation sites (tertiary alicyclic amines) is 1. The summed E-state index contributed by atoms with van der Waals surface area (Å²) < 4.78 is 0. The fraction of sp³-hybridized carbons (Fsp3) is 0.318. The van der Waals surface area contributed by atoms with Gasteiger partial charge in [-0.15, -0.1) is 0 Å². The summed E-state index contributed by atoms with van der Waals surface area (Å²) in [5, 5.41) is 33.6. The van der Waals surface area contributed by atoms with Crippen molar-refractivity contribution in [1.82, 2.24) is 10.2 Å². The molecule has 0 spiro atoms. The van der Waals surface area contributed by atoms with E-state index < -0.39 is 47.3 Å². The molecule has 8 nitrogen and oxygen atoms in total. The van der Waals surface area contributed by atoms with E-state index in [0.717, 1.165) is 10.5 Å². The van der Waals surface area contributed by atoms with Gasteiger partial charge in [0.05, 0.1) is 24.5 Å². The SMILES string of the molecule is CC(O)C1(C(=O)O)NC(c2ccccc2O)C2C(=O)N(Cc3ccccc3)C(=O)C21. The average molecular weight is 410 g/mol. The Balaban J connectivity index is 1.82. The van der Waals surface area contributed by atoms with E-state index >= 15 is 0 Å². The highest BCUT2D eigenvalue weighted by molar-refractivity contribution is 6.09. The molecule has 0 aromatic heterocycles. The van der Waals surface area contributed by atoms with E-state index in [-0.39, 0.29) is 12.3 Å². The Morgan fingerprint density at radius 1 is 1.10 bits per heavy atom. The Morgan fingerprint density at radius 2 is 1.73 bits per heavy atom. The van der Waals surface area contributed by atoms with Gasteiger partial charge in [0.2, 0.25) is 11.8 Å². The number of benzene rings is 2. The number of aliphatic hydroxyl groups is 1. The van der Waals surface area contributed by atoms with Gasteiger partial charge >= 0.3 is 5.97 Å². The van der Waals surface area contributed by atoms with Crippen molar-refractivity contribution in [3.05, 3.63) is 65.7 Å². The lowest BCUT2D eigenvalue weighted by atomic mass is 9.76. The van der Waals surface area contributed by atoms with Crippen LogP contribution in [0.4, 0.5) is 0 Å². The minimum Gasteiger partial charge on any atom is -0.508 e. The first-order valence-corrected chi connectivity index (χ1v) is 9.65. The number of hydrogen-bond donors (Lipinski definition) is 4. The van der Waals surface area contributed by atoms with Crippen LogP contribution < -0.4 is 5.32 Å². The third-order valence-corrected chi connectivity index (χ3v) is 6.15. The molecule has 2 heterocycles. The summed E-state index contributed by atoms with van der Waals surface area (Å²) in [7, 11) is 0. The van der Waals surface area contributed by atoms with E-state index in [1.807, 2.05) is 6.07 Å². The van der Waals surface area contributed by atoms with Gasteiger partial charge < -0.3 is 15.3 Å². The molecule has 0 bridgehead atoms. The number of nitrogens with one attached hydrogen (secondary N) is 1. The second-order valence-corrected chi connectivity index (χ2v) is 7.78. The Morgan fingerprint density at radius 3 is 2.33 bits per heavy atom. The van der Waals surface area contributed by atoms with Crippen molar-refractivity contribution < 1.29 is 29.7 Å². The van der Waals surface area contributed by atoms with Gasteiger partial charge in [0.25, 0.3) is 0 Å². The minimum absolute atomic E-state index is 0.00844.